The largest absolute Gasteiger partial charge is 0.370 e. The molecule has 0 aromatic heterocycles. The summed E-state index contributed by atoms with van der Waals surface area (Å²) in [4.78, 5) is 12.2. The first-order chi connectivity index (χ1) is 8.07. The standard InChI is InChI=1S/C14H17ClO2/c1-10-4-5-11(12(15)8-10)9-13(16)14(17-2)6-3-7-14/h4-5,8H,3,6-7,9H2,1-2H3. The molecule has 1 aromatic rings. The Morgan fingerprint density at radius 1 is 1.47 bits per heavy atom. The number of benzene rings is 1. The van der Waals surface area contributed by atoms with Gasteiger partial charge in [-0.05, 0) is 43.4 Å². The number of halogens is 1. The number of ether oxygens (including phenoxy) is 1. The summed E-state index contributed by atoms with van der Waals surface area (Å²) in [6.45, 7) is 1.99. The Morgan fingerprint density at radius 2 is 2.18 bits per heavy atom. The summed E-state index contributed by atoms with van der Waals surface area (Å²) in [6.07, 6.45) is 3.12. The van der Waals surface area contributed by atoms with Gasteiger partial charge in [0.05, 0.1) is 0 Å². The fourth-order valence-electron chi connectivity index (χ4n) is 2.22. The number of methoxy groups -OCH3 is 1. The van der Waals surface area contributed by atoms with Crippen molar-refractivity contribution in [3.05, 3.63) is 34.3 Å². The third-order valence-electron chi connectivity index (χ3n) is 3.62. The fraction of sp³-hybridized carbons (Fsp3) is 0.500. The third-order valence-corrected chi connectivity index (χ3v) is 3.97. The van der Waals surface area contributed by atoms with Crippen LogP contribution in [0, 0.1) is 6.92 Å². The van der Waals surface area contributed by atoms with Crippen LogP contribution in [0.3, 0.4) is 0 Å². The maximum atomic E-state index is 12.2. The second-order valence-electron chi connectivity index (χ2n) is 4.75. The van der Waals surface area contributed by atoms with Crippen LogP contribution >= 0.6 is 11.6 Å². The maximum absolute atomic E-state index is 12.2. The van der Waals surface area contributed by atoms with Crippen molar-refractivity contribution in [2.45, 2.75) is 38.2 Å². The van der Waals surface area contributed by atoms with Crippen LogP contribution < -0.4 is 0 Å². The van der Waals surface area contributed by atoms with Crippen LogP contribution in [-0.4, -0.2) is 18.5 Å². The van der Waals surface area contributed by atoms with Gasteiger partial charge in [-0.1, -0.05) is 23.7 Å². The molecule has 0 amide bonds. The molecule has 0 N–H and O–H groups in total. The fourth-order valence-corrected chi connectivity index (χ4v) is 2.53. The van der Waals surface area contributed by atoms with Crippen molar-refractivity contribution < 1.29 is 9.53 Å². The van der Waals surface area contributed by atoms with Gasteiger partial charge in [0.2, 0.25) is 0 Å². The van der Waals surface area contributed by atoms with Gasteiger partial charge in [0, 0.05) is 18.6 Å². The van der Waals surface area contributed by atoms with E-state index >= 15 is 0 Å². The topological polar surface area (TPSA) is 26.3 Å². The number of carbonyl (C=O) groups is 1. The van der Waals surface area contributed by atoms with Crippen LogP contribution in [0.25, 0.3) is 0 Å². The highest BCUT2D eigenvalue weighted by atomic mass is 35.5. The predicted molar refractivity (Wildman–Crippen MR) is 68.5 cm³/mol. The summed E-state index contributed by atoms with van der Waals surface area (Å²) in [6, 6.07) is 5.80. The van der Waals surface area contributed by atoms with E-state index < -0.39 is 5.60 Å². The second kappa shape index (κ2) is 4.79. The maximum Gasteiger partial charge on any atom is 0.169 e. The monoisotopic (exact) mass is 252 g/mol. The Hall–Kier alpha value is -0.860. The Morgan fingerprint density at radius 3 is 2.65 bits per heavy atom. The zero-order chi connectivity index (χ0) is 12.5. The Bertz CT molecular complexity index is 430. The van der Waals surface area contributed by atoms with Gasteiger partial charge >= 0.3 is 0 Å². The van der Waals surface area contributed by atoms with E-state index in [1.165, 1.54) is 0 Å². The number of carbonyl (C=O) groups excluding carboxylic acids is 1. The normalized spacial score (nSPS) is 17.6. The van der Waals surface area contributed by atoms with Crippen LogP contribution in [0.1, 0.15) is 30.4 Å². The molecule has 0 unspecified atom stereocenters. The van der Waals surface area contributed by atoms with Crippen LogP contribution in [0.4, 0.5) is 0 Å². The molecule has 0 radical (unpaired) electrons. The zero-order valence-electron chi connectivity index (χ0n) is 10.3. The van der Waals surface area contributed by atoms with Gasteiger partial charge < -0.3 is 4.74 Å². The average Bonchev–Trinajstić information content (AvgIpc) is 2.21. The van der Waals surface area contributed by atoms with E-state index in [0.717, 1.165) is 30.4 Å². The minimum absolute atomic E-state index is 0.150. The number of Topliss-reactive ketones (excluding diaryl/α,β-unsaturated/α-hetero) is 1. The molecule has 17 heavy (non-hydrogen) atoms. The van der Waals surface area contributed by atoms with Crippen molar-refractivity contribution in [2.75, 3.05) is 7.11 Å². The van der Waals surface area contributed by atoms with Crippen molar-refractivity contribution in [3.63, 3.8) is 0 Å². The van der Waals surface area contributed by atoms with Gasteiger partial charge in [-0.2, -0.15) is 0 Å². The van der Waals surface area contributed by atoms with E-state index in [1.54, 1.807) is 7.11 Å². The first-order valence-electron chi connectivity index (χ1n) is 5.91. The highest BCUT2D eigenvalue weighted by Crippen LogP contribution is 2.37. The Labute approximate surface area is 107 Å². The molecule has 1 aromatic carbocycles. The lowest BCUT2D eigenvalue weighted by atomic mass is 9.75. The van der Waals surface area contributed by atoms with Crippen LogP contribution in [-0.2, 0) is 16.0 Å². The van der Waals surface area contributed by atoms with E-state index in [-0.39, 0.29) is 5.78 Å². The zero-order valence-corrected chi connectivity index (χ0v) is 11.0. The molecular formula is C14H17ClO2. The molecule has 0 aliphatic heterocycles. The molecular weight excluding hydrogens is 236 g/mol. The van der Waals surface area contributed by atoms with E-state index in [4.69, 9.17) is 16.3 Å². The van der Waals surface area contributed by atoms with E-state index in [9.17, 15) is 4.79 Å². The lowest BCUT2D eigenvalue weighted by molar-refractivity contribution is -0.151. The third kappa shape index (κ3) is 2.38. The smallest absolute Gasteiger partial charge is 0.169 e. The summed E-state index contributed by atoms with van der Waals surface area (Å²) in [5.41, 5.74) is 1.47. The molecule has 1 aliphatic rings. The van der Waals surface area contributed by atoms with Gasteiger partial charge in [-0.25, -0.2) is 0 Å². The number of ketones is 1. The molecule has 0 heterocycles. The molecule has 3 heteroatoms. The second-order valence-corrected chi connectivity index (χ2v) is 5.15. The molecule has 0 spiro atoms. The summed E-state index contributed by atoms with van der Waals surface area (Å²) in [5.74, 6) is 0.150. The quantitative estimate of drug-likeness (QED) is 0.822. The Balaban J connectivity index is 2.13. The lowest BCUT2D eigenvalue weighted by Crippen LogP contribution is -2.47. The molecule has 2 rings (SSSR count). The summed E-state index contributed by atoms with van der Waals surface area (Å²) in [5, 5.41) is 0.670. The molecule has 2 nitrogen and oxygen atoms in total. The summed E-state index contributed by atoms with van der Waals surface area (Å²) in [7, 11) is 1.62. The lowest BCUT2D eigenvalue weighted by Gasteiger charge is -2.38. The predicted octanol–water partition coefficient (Wildman–Crippen LogP) is 3.33. The van der Waals surface area contributed by atoms with Crippen molar-refractivity contribution in [1.82, 2.24) is 0 Å². The minimum atomic E-state index is -0.534. The number of hydrogen-bond donors (Lipinski definition) is 0. The summed E-state index contributed by atoms with van der Waals surface area (Å²) < 4.78 is 5.38. The summed E-state index contributed by atoms with van der Waals surface area (Å²) >= 11 is 6.14. The number of hydrogen-bond acceptors (Lipinski definition) is 2. The molecule has 1 saturated carbocycles. The molecule has 1 fully saturated rings. The van der Waals surface area contributed by atoms with Crippen LogP contribution in [0.15, 0.2) is 18.2 Å². The van der Waals surface area contributed by atoms with Crippen molar-refractivity contribution in [3.8, 4) is 0 Å². The number of aryl methyl sites for hydroxylation is 1. The van der Waals surface area contributed by atoms with E-state index in [2.05, 4.69) is 0 Å². The van der Waals surface area contributed by atoms with Gasteiger partial charge in [-0.15, -0.1) is 0 Å². The SMILES string of the molecule is COC1(C(=O)Cc2ccc(C)cc2Cl)CCC1. The highest BCUT2D eigenvalue weighted by Gasteiger charge is 2.43. The van der Waals surface area contributed by atoms with Gasteiger partial charge in [-0.3, -0.25) is 4.79 Å². The minimum Gasteiger partial charge on any atom is -0.370 e. The average molecular weight is 253 g/mol. The van der Waals surface area contributed by atoms with Crippen LogP contribution in [0.5, 0.6) is 0 Å². The molecule has 0 bridgehead atoms. The van der Waals surface area contributed by atoms with Gasteiger partial charge in [0.25, 0.3) is 0 Å². The van der Waals surface area contributed by atoms with Crippen molar-refractivity contribution in [2.24, 2.45) is 0 Å². The van der Waals surface area contributed by atoms with E-state index in [0.29, 0.717) is 11.4 Å². The van der Waals surface area contributed by atoms with Gasteiger partial charge in [0.15, 0.2) is 5.78 Å². The molecule has 1 aliphatic carbocycles. The van der Waals surface area contributed by atoms with Crippen LogP contribution in [0.2, 0.25) is 5.02 Å². The molecule has 0 saturated heterocycles. The van der Waals surface area contributed by atoms with Crippen molar-refractivity contribution in [1.29, 1.82) is 0 Å². The van der Waals surface area contributed by atoms with Crippen molar-refractivity contribution >= 4 is 17.4 Å². The number of rotatable bonds is 4. The first kappa shape index (κ1) is 12.6. The Kier molecular flexibility index (Phi) is 3.55. The highest BCUT2D eigenvalue weighted by molar-refractivity contribution is 6.31. The van der Waals surface area contributed by atoms with Gasteiger partial charge in [0.1, 0.15) is 5.60 Å². The molecule has 92 valence electrons. The first-order valence-corrected chi connectivity index (χ1v) is 6.29. The molecule has 0 atom stereocenters. The van der Waals surface area contributed by atoms with E-state index in [1.807, 2.05) is 25.1 Å².